The van der Waals surface area contributed by atoms with Crippen LogP contribution in [-0.2, 0) is 11.3 Å². The van der Waals surface area contributed by atoms with Crippen LogP contribution in [-0.4, -0.2) is 78.8 Å². The smallest absolute Gasteiger partial charge is 0.410 e. The normalized spacial score (nSPS) is 10.6. The van der Waals surface area contributed by atoms with Crippen molar-refractivity contribution in [2.75, 3.05) is 52.0 Å². The zero-order valence-corrected chi connectivity index (χ0v) is 17.3. The number of nitrogens with zero attached hydrogens (tertiary/aromatic N) is 3. The fraction of sp³-hybridized carbons (Fsp3) is 0.529. The first-order chi connectivity index (χ1) is 13.3. The summed E-state index contributed by atoms with van der Waals surface area (Å²) in [7, 11) is 3.70. The second-order valence-corrected chi connectivity index (χ2v) is 6.81. The van der Waals surface area contributed by atoms with Gasteiger partial charge in [0.15, 0.2) is 0 Å². The molecule has 0 saturated heterocycles. The number of nitrogens with one attached hydrogen (secondary N) is 1. The van der Waals surface area contributed by atoms with E-state index in [-0.39, 0.29) is 48.3 Å². The van der Waals surface area contributed by atoms with Crippen molar-refractivity contribution in [3.8, 4) is 0 Å². The minimum absolute atomic E-state index is 0.0873. The maximum atomic E-state index is 12.3. The number of alkyl halides is 2. The van der Waals surface area contributed by atoms with Crippen molar-refractivity contribution in [2.24, 2.45) is 0 Å². The summed E-state index contributed by atoms with van der Waals surface area (Å²) in [4.78, 5) is 38.5. The second-order valence-electron chi connectivity index (χ2n) is 6.05. The van der Waals surface area contributed by atoms with Gasteiger partial charge in [-0.25, -0.2) is 4.79 Å². The minimum Gasteiger partial charge on any atom is -0.444 e. The molecular weight excluding hydrogens is 411 g/mol. The minimum atomic E-state index is -0.684. The first kappa shape index (κ1) is 23.9. The lowest BCUT2D eigenvalue weighted by atomic mass is 10.1. The third-order valence-electron chi connectivity index (χ3n) is 3.71. The van der Waals surface area contributed by atoms with E-state index in [9.17, 15) is 19.7 Å². The number of amides is 2. The molecule has 0 aliphatic heterocycles. The van der Waals surface area contributed by atoms with Crippen LogP contribution in [0, 0.1) is 10.1 Å². The standard InChI is InChI=1S/C17H24Cl2N4O5/c1-21(2)11-8-20-16(24)14-5-3-4-13(15(14)23(26)27)12-28-17(25)22(9-6-18)10-7-19/h3-5H,6-12H2,1-2H3,(H,20,24). The summed E-state index contributed by atoms with van der Waals surface area (Å²) in [5.74, 6) is -0.156. The molecule has 28 heavy (non-hydrogen) atoms. The van der Waals surface area contributed by atoms with Gasteiger partial charge in [0.1, 0.15) is 12.2 Å². The van der Waals surface area contributed by atoms with E-state index < -0.39 is 16.9 Å². The predicted octanol–water partition coefficient (Wildman–Crippen LogP) is 2.30. The molecule has 0 spiro atoms. The van der Waals surface area contributed by atoms with Gasteiger partial charge in [-0.3, -0.25) is 14.9 Å². The van der Waals surface area contributed by atoms with E-state index in [2.05, 4.69) is 5.32 Å². The molecule has 9 nitrogen and oxygen atoms in total. The molecule has 0 aliphatic rings. The van der Waals surface area contributed by atoms with Crippen LogP contribution in [0.5, 0.6) is 0 Å². The molecule has 0 aromatic heterocycles. The van der Waals surface area contributed by atoms with Gasteiger partial charge in [0.25, 0.3) is 11.6 Å². The van der Waals surface area contributed by atoms with E-state index in [1.165, 1.54) is 23.1 Å². The summed E-state index contributed by atoms with van der Waals surface area (Å²) in [6.45, 7) is 1.06. The Morgan fingerprint density at radius 3 is 2.36 bits per heavy atom. The van der Waals surface area contributed by atoms with E-state index in [4.69, 9.17) is 27.9 Å². The number of para-hydroxylation sites is 1. The highest BCUT2D eigenvalue weighted by molar-refractivity contribution is 6.18. The number of hydrogen-bond donors (Lipinski definition) is 1. The highest BCUT2D eigenvalue weighted by Crippen LogP contribution is 2.25. The summed E-state index contributed by atoms with van der Waals surface area (Å²) in [6, 6.07) is 4.31. The molecule has 0 fully saturated rings. The van der Waals surface area contributed by atoms with E-state index in [0.29, 0.717) is 13.1 Å². The Labute approximate surface area is 173 Å². The molecule has 2 amide bonds. The fourth-order valence-electron chi connectivity index (χ4n) is 2.32. The van der Waals surface area contributed by atoms with Crippen molar-refractivity contribution in [1.29, 1.82) is 0 Å². The topological polar surface area (TPSA) is 105 Å². The second kappa shape index (κ2) is 12.4. The monoisotopic (exact) mass is 434 g/mol. The molecule has 0 atom stereocenters. The third kappa shape index (κ3) is 7.49. The van der Waals surface area contributed by atoms with Crippen LogP contribution in [0.3, 0.4) is 0 Å². The van der Waals surface area contributed by atoms with Gasteiger partial charge in [-0.2, -0.15) is 0 Å². The Hall–Kier alpha value is -2.10. The number of nitro benzene ring substituents is 1. The van der Waals surface area contributed by atoms with Crippen molar-refractivity contribution in [3.63, 3.8) is 0 Å². The van der Waals surface area contributed by atoms with Crippen LogP contribution in [0.25, 0.3) is 0 Å². The first-order valence-electron chi connectivity index (χ1n) is 8.54. The summed E-state index contributed by atoms with van der Waals surface area (Å²) < 4.78 is 5.16. The highest BCUT2D eigenvalue weighted by Gasteiger charge is 2.25. The molecule has 0 saturated carbocycles. The van der Waals surface area contributed by atoms with Crippen LogP contribution < -0.4 is 5.32 Å². The lowest BCUT2D eigenvalue weighted by molar-refractivity contribution is -0.386. The van der Waals surface area contributed by atoms with Crippen LogP contribution >= 0.6 is 23.2 Å². The molecule has 0 unspecified atom stereocenters. The number of hydrogen-bond acceptors (Lipinski definition) is 6. The highest BCUT2D eigenvalue weighted by atomic mass is 35.5. The van der Waals surface area contributed by atoms with Crippen LogP contribution in [0.2, 0.25) is 0 Å². The van der Waals surface area contributed by atoms with Gasteiger partial charge >= 0.3 is 6.09 Å². The average Bonchev–Trinajstić information content (AvgIpc) is 2.65. The molecule has 1 aromatic carbocycles. The van der Waals surface area contributed by atoms with E-state index in [0.717, 1.165) is 0 Å². The van der Waals surface area contributed by atoms with Gasteiger partial charge in [0.05, 0.1) is 10.5 Å². The number of benzene rings is 1. The van der Waals surface area contributed by atoms with Gasteiger partial charge in [0, 0.05) is 37.9 Å². The lowest BCUT2D eigenvalue weighted by Gasteiger charge is -2.20. The van der Waals surface area contributed by atoms with Crippen molar-refractivity contribution in [1.82, 2.24) is 15.1 Å². The van der Waals surface area contributed by atoms with Gasteiger partial charge in [-0.1, -0.05) is 6.07 Å². The predicted molar refractivity (Wildman–Crippen MR) is 107 cm³/mol. The zero-order chi connectivity index (χ0) is 21.1. The third-order valence-corrected chi connectivity index (χ3v) is 4.05. The Bertz CT molecular complexity index is 682. The Morgan fingerprint density at radius 1 is 1.18 bits per heavy atom. The molecule has 0 heterocycles. The molecule has 0 aliphatic carbocycles. The molecule has 0 radical (unpaired) electrons. The van der Waals surface area contributed by atoms with Crippen molar-refractivity contribution < 1.29 is 19.2 Å². The molecule has 156 valence electrons. The summed E-state index contributed by atoms with van der Waals surface area (Å²) in [5.41, 5.74) is -0.357. The molecule has 11 heteroatoms. The van der Waals surface area contributed by atoms with Crippen molar-refractivity contribution >= 4 is 40.9 Å². The average molecular weight is 435 g/mol. The van der Waals surface area contributed by atoms with Crippen molar-refractivity contribution in [2.45, 2.75) is 6.61 Å². The van der Waals surface area contributed by atoms with Gasteiger partial charge in [-0.05, 0) is 26.2 Å². The van der Waals surface area contributed by atoms with Gasteiger partial charge in [0.2, 0.25) is 0 Å². The van der Waals surface area contributed by atoms with Crippen LogP contribution in [0.15, 0.2) is 18.2 Å². The number of carbonyl (C=O) groups excluding carboxylic acids is 2. The van der Waals surface area contributed by atoms with Gasteiger partial charge in [-0.15, -0.1) is 23.2 Å². The van der Waals surface area contributed by atoms with Crippen molar-refractivity contribution in [3.05, 3.63) is 39.4 Å². The number of halogens is 2. The molecule has 1 aromatic rings. The van der Waals surface area contributed by atoms with E-state index in [1.54, 1.807) is 0 Å². The fourth-order valence-corrected chi connectivity index (χ4v) is 2.73. The number of rotatable bonds is 11. The molecule has 1 rings (SSSR count). The van der Waals surface area contributed by atoms with E-state index in [1.807, 2.05) is 19.0 Å². The number of likely N-dealkylation sites (N-methyl/N-ethyl adjacent to an activating group) is 1. The SMILES string of the molecule is CN(C)CCNC(=O)c1cccc(COC(=O)N(CCCl)CCCl)c1[N+](=O)[O-]. The van der Waals surface area contributed by atoms with Crippen LogP contribution in [0.4, 0.5) is 10.5 Å². The maximum absolute atomic E-state index is 12.3. The Morgan fingerprint density at radius 2 is 1.82 bits per heavy atom. The summed E-state index contributed by atoms with van der Waals surface area (Å²) in [6.07, 6.45) is -0.684. The number of nitro groups is 1. The van der Waals surface area contributed by atoms with Gasteiger partial charge < -0.3 is 19.9 Å². The quantitative estimate of drug-likeness (QED) is 0.325. The largest absolute Gasteiger partial charge is 0.444 e. The zero-order valence-electron chi connectivity index (χ0n) is 15.8. The summed E-state index contributed by atoms with van der Waals surface area (Å²) in [5, 5.41) is 14.2. The molecular formula is C17H24Cl2N4O5. The number of carbonyl (C=O) groups is 2. The molecule has 0 bridgehead atoms. The van der Waals surface area contributed by atoms with Crippen LogP contribution in [0.1, 0.15) is 15.9 Å². The Kier molecular flexibility index (Phi) is 10.6. The maximum Gasteiger partial charge on any atom is 0.410 e. The van der Waals surface area contributed by atoms with E-state index >= 15 is 0 Å². The first-order valence-corrected chi connectivity index (χ1v) is 9.61. The molecule has 1 N–H and O–H groups in total. The summed E-state index contributed by atoms with van der Waals surface area (Å²) >= 11 is 11.3. The lowest BCUT2D eigenvalue weighted by Crippen LogP contribution is -2.35. The Balaban J connectivity index is 2.93. The number of ether oxygens (including phenoxy) is 1.